The van der Waals surface area contributed by atoms with Gasteiger partial charge in [0.15, 0.2) is 0 Å². The second-order valence-electron chi connectivity index (χ2n) is 3.45. The highest BCUT2D eigenvalue weighted by Crippen LogP contribution is 2.40. The molecule has 0 aliphatic heterocycles. The number of halogens is 1. The monoisotopic (exact) mass is 264 g/mol. The molecule has 0 saturated carbocycles. The highest BCUT2D eigenvalue weighted by molar-refractivity contribution is 7.46. The molecule has 4 nitrogen and oxygen atoms in total. The molecule has 1 aromatic rings. The van der Waals surface area contributed by atoms with Crippen LogP contribution < -0.4 is 4.52 Å². The summed E-state index contributed by atoms with van der Waals surface area (Å²) in [6.45, 7) is 2.09. The first kappa shape index (κ1) is 13.5. The van der Waals surface area contributed by atoms with Crippen LogP contribution in [0.1, 0.15) is 25.3 Å². The van der Waals surface area contributed by atoms with Crippen LogP contribution in [0.15, 0.2) is 18.2 Å². The SMILES string of the molecule is CCCCc1ccc(OP(=O)(O)O)c(Cl)c1. The zero-order chi connectivity index (χ0) is 12.2. The average molecular weight is 265 g/mol. The number of rotatable bonds is 5. The summed E-state index contributed by atoms with van der Waals surface area (Å²) < 4.78 is 15.1. The molecule has 0 aliphatic rings. The van der Waals surface area contributed by atoms with Crippen LogP contribution in [-0.4, -0.2) is 9.79 Å². The fraction of sp³-hybridized carbons (Fsp3) is 0.400. The number of phosphoric ester groups is 1. The summed E-state index contributed by atoms with van der Waals surface area (Å²) in [5.41, 5.74) is 1.03. The topological polar surface area (TPSA) is 66.8 Å². The molecule has 16 heavy (non-hydrogen) atoms. The molecule has 0 aromatic heterocycles. The van der Waals surface area contributed by atoms with Gasteiger partial charge in [0.05, 0.1) is 5.02 Å². The predicted molar refractivity (Wildman–Crippen MR) is 62.7 cm³/mol. The summed E-state index contributed by atoms with van der Waals surface area (Å²) in [5, 5.41) is 0.219. The number of aryl methyl sites for hydroxylation is 1. The molecule has 0 aliphatic carbocycles. The maximum Gasteiger partial charge on any atom is 0.524 e. The zero-order valence-corrected chi connectivity index (χ0v) is 10.5. The minimum absolute atomic E-state index is 0.00949. The molecule has 0 radical (unpaired) electrons. The van der Waals surface area contributed by atoms with E-state index in [1.807, 2.05) is 0 Å². The maximum absolute atomic E-state index is 10.6. The zero-order valence-electron chi connectivity index (χ0n) is 8.89. The molecule has 0 heterocycles. The van der Waals surface area contributed by atoms with Gasteiger partial charge in [-0.25, -0.2) is 4.57 Å². The summed E-state index contributed by atoms with van der Waals surface area (Å²) in [7, 11) is -4.54. The normalized spacial score (nSPS) is 11.5. The van der Waals surface area contributed by atoms with Crippen LogP contribution >= 0.6 is 19.4 Å². The van der Waals surface area contributed by atoms with E-state index < -0.39 is 7.82 Å². The van der Waals surface area contributed by atoms with Gasteiger partial charge in [-0.3, -0.25) is 9.79 Å². The average Bonchev–Trinajstić information content (AvgIpc) is 2.17. The van der Waals surface area contributed by atoms with Gasteiger partial charge in [0.2, 0.25) is 0 Å². The molecule has 0 bridgehead atoms. The smallest absolute Gasteiger partial charge is 0.403 e. The lowest BCUT2D eigenvalue weighted by Crippen LogP contribution is -1.92. The van der Waals surface area contributed by atoms with Crippen molar-refractivity contribution in [2.75, 3.05) is 0 Å². The summed E-state index contributed by atoms with van der Waals surface area (Å²) in [6.07, 6.45) is 3.03. The van der Waals surface area contributed by atoms with Crippen molar-refractivity contribution in [3.63, 3.8) is 0 Å². The van der Waals surface area contributed by atoms with Crippen molar-refractivity contribution in [2.24, 2.45) is 0 Å². The van der Waals surface area contributed by atoms with E-state index in [1.54, 1.807) is 12.1 Å². The molecular weight excluding hydrogens is 251 g/mol. The lowest BCUT2D eigenvalue weighted by molar-refractivity contribution is 0.283. The molecule has 90 valence electrons. The summed E-state index contributed by atoms with van der Waals surface area (Å²) >= 11 is 5.85. The third kappa shape index (κ3) is 4.54. The van der Waals surface area contributed by atoms with E-state index >= 15 is 0 Å². The number of phosphoric acid groups is 1. The van der Waals surface area contributed by atoms with E-state index in [4.69, 9.17) is 21.4 Å². The second-order valence-corrected chi connectivity index (χ2v) is 5.02. The Morgan fingerprint density at radius 1 is 1.44 bits per heavy atom. The molecule has 1 rings (SSSR count). The van der Waals surface area contributed by atoms with Crippen molar-refractivity contribution in [1.29, 1.82) is 0 Å². The second kappa shape index (κ2) is 5.69. The van der Waals surface area contributed by atoms with Crippen molar-refractivity contribution in [3.8, 4) is 5.75 Å². The fourth-order valence-electron chi connectivity index (χ4n) is 1.28. The van der Waals surface area contributed by atoms with Gasteiger partial charge >= 0.3 is 7.82 Å². The molecule has 2 N–H and O–H groups in total. The Balaban J connectivity index is 2.79. The minimum Gasteiger partial charge on any atom is -0.403 e. The van der Waals surface area contributed by atoms with Crippen molar-refractivity contribution in [2.45, 2.75) is 26.2 Å². The Morgan fingerprint density at radius 3 is 2.62 bits per heavy atom. The summed E-state index contributed by atoms with van der Waals surface area (Å²) in [6, 6.07) is 4.90. The molecule has 1 aromatic carbocycles. The van der Waals surface area contributed by atoms with E-state index in [0.717, 1.165) is 24.8 Å². The Kier molecular flexibility index (Phi) is 4.81. The van der Waals surface area contributed by atoms with Gasteiger partial charge in [0.1, 0.15) is 5.75 Å². The number of hydrogen-bond acceptors (Lipinski definition) is 2. The first-order chi connectivity index (χ1) is 7.42. The van der Waals surface area contributed by atoms with E-state index in [2.05, 4.69) is 11.4 Å². The highest BCUT2D eigenvalue weighted by atomic mass is 35.5. The molecular formula is C10H14ClO4P. The van der Waals surface area contributed by atoms with Gasteiger partial charge in [-0.15, -0.1) is 0 Å². The van der Waals surface area contributed by atoms with Crippen LogP contribution in [0.25, 0.3) is 0 Å². The quantitative estimate of drug-likeness (QED) is 0.802. The summed E-state index contributed by atoms with van der Waals surface area (Å²) in [4.78, 5) is 17.3. The Hall–Kier alpha value is -0.540. The Bertz CT molecular complexity index is 402. The summed E-state index contributed by atoms with van der Waals surface area (Å²) in [5.74, 6) is 0.00949. The van der Waals surface area contributed by atoms with E-state index in [-0.39, 0.29) is 10.8 Å². The van der Waals surface area contributed by atoms with Crippen LogP contribution in [0.2, 0.25) is 5.02 Å². The van der Waals surface area contributed by atoms with Gasteiger partial charge in [-0.2, -0.15) is 0 Å². The van der Waals surface area contributed by atoms with Crippen LogP contribution in [0, 0.1) is 0 Å². The van der Waals surface area contributed by atoms with Gasteiger partial charge in [-0.05, 0) is 30.5 Å². The van der Waals surface area contributed by atoms with Crippen molar-refractivity contribution in [3.05, 3.63) is 28.8 Å². The largest absolute Gasteiger partial charge is 0.524 e. The third-order valence-corrected chi connectivity index (χ3v) is 2.76. The molecule has 0 spiro atoms. The van der Waals surface area contributed by atoms with Gasteiger partial charge in [-0.1, -0.05) is 31.0 Å². The van der Waals surface area contributed by atoms with Gasteiger partial charge in [0, 0.05) is 0 Å². The standard InChI is InChI=1S/C10H14ClO4P/c1-2-3-4-8-5-6-10(9(11)7-8)15-16(12,13)14/h5-7H,2-4H2,1H3,(H2,12,13,14). The molecule has 0 unspecified atom stereocenters. The van der Waals surface area contributed by atoms with E-state index in [0.29, 0.717) is 0 Å². The van der Waals surface area contributed by atoms with Crippen molar-refractivity contribution < 1.29 is 18.9 Å². The van der Waals surface area contributed by atoms with Gasteiger partial charge < -0.3 is 4.52 Å². The minimum atomic E-state index is -4.54. The van der Waals surface area contributed by atoms with Crippen LogP contribution in [0.4, 0.5) is 0 Å². The van der Waals surface area contributed by atoms with E-state index in [9.17, 15) is 4.57 Å². The predicted octanol–water partition coefficient (Wildman–Crippen LogP) is 3.15. The Morgan fingerprint density at radius 2 is 2.12 bits per heavy atom. The molecule has 0 saturated heterocycles. The molecule has 0 atom stereocenters. The lowest BCUT2D eigenvalue weighted by Gasteiger charge is -2.09. The molecule has 6 heteroatoms. The van der Waals surface area contributed by atoms with Crippen LogP contribution in [-0.2, 0) is 11.0 Å². The van der Waals surface area contributed by atoms with Gasteiger partial charge in [0.25, 0.3) is 0 Å². The number of unbranched alkanes of at least 4 members (excludes halogenated alkanes) is 1. The number of hydrogen-bond donors (Lipinski definition) is 2. The lowest BCUT2D eigenvalue weighted by atomic mass is 10.1. The third-order valence-electron chi connectivity index (χ3n) is 2.03. The first-order valence-electron chi connectivity index (χ1n) is 4.96. The van der Waals surface area contributed by atoms with E-state index in [1.165, 1.54) is 6.07 Å². The number of benzene rings is 1. The molecule has 0 amide bonds. The Labute approximate surface area is 99.4 Å². The molecule has 0 fully saturated rings. The highest BCUT2D eigenvalue weighted by Gasteiger charge is 2.17. The van der Waals surface area contributed by atoms with Crippen molar-refractivity contribution in [1.82, 2.24) is 0 Å². The maximum atomic E-state index is 10.6. The van der Waals surface area contributed by atoms with Crippen LogP contribution in [0.3, 0.4) is 0 Å². The first-order valence-corrected chi connectivity index (χ1v) is 6.87. The van der Waals surface area contributed by atoms with Crippen LogP contribution in [0.5, 0.6) is 5.75 Å². The van der Waals surface area contributed by atoms with Crippen molar-refractivity contribution >= 4 is 19.4 Å². The fourth-order valence-corrected chi connectivity index (χ4v) is 1.99.